The van der Waals surface area contributed by atoms with Crippen LogP contribution < -0.4 is 10.6 Å². The van der Waals surface area contributed by atoms with E-state index in [1.165, 1.54) is 5.69 Å². The summed E-state index contributed by atoms with van der Waals surface area (Å²) in [5, 5.41) is 6.45. The number of nitrogens with one attached hydrogen (secondary N) is 2. The first-order chi connectivity index (χ1) is 9.09. The molecule has 0 aromatic carbocycles. The Morgan fingerprint density at radius 2 is 2.32 bits per heavy atom. The molecule has 1 aromatic rings. The summed E-state index contributed by atoms with van der Waals surface area (Å²) in [6, 6.07) is 4.16. The number of amides is 1. The van der Waals surface area contributed by atoms with Gasteiger partial charge in [-0.1, -0.05) is 13.3 Å². The Morgan fingerprint density at radius 1 is 1.53 bits per heavy atom. The number of carbonyl (C=O) groups is 1. The van der Waals surface area contributed by atoms with E-state index in [4.69, 9.17) is 0 Å². The van der Waals surface area contributed by atoms with Gasteiger partial charge >= 0.3 is 0 Å². The summed E-state index contributed by atoms with van der Waals surface area (Å²) in [7, 11) is 2.04. The number of hydrogen-bond acceptors (Lipinski definition) is 2. The van der Waals surface area contributed by atoms with Crippen LogP contribution in [0.5, 0.6) is 0 Å². The van der Waals surface area contributed by atoms with E-state index >= 15 is 0 Å². The molecule has 106 valence electrons. The molecule has 0 aliphatic carbocycles. The van der Waals surface area contributed by atoms with E-state index in [0.717, 1.165) is 38.0 Å². The summed E-state index contributed by atoms with van der Waals surface area (Å²) in [5.74, 6) is 0.207. The zero-order chi connectivity index (χ0) is 13.9. The van der Waals surface area contributed by atoms with Crippen LogP contribution in [0.15, 0.2) is 12.1 Å². The maximum atomic E-state index is 12.5. The van der Waals surface area contributed by atoms with Gasteiger partial charge in [-0.15, -0.1) is 0 Å². The number of hydrogen-bond donors (Lipinski definition) is 2. The fourth-order valence-electron chi connectivity index (χ4n) is 2.95. The molecule has 2 rings (SSSR count). The third-order valence-corrected chi connectivity index (χ3v) is 4.36. The van der Waals surface area contributed by atoms with Gasteiger partial charge < -0.3 is 15.2 Å². The Kier molecular flexibility index (Phi) is 4.30. The molecular weight excluding hydrogens is 238 g/mol. The first kappa shape index (κ1) is 14.1. The van der Waals surface area contributed by atoms with Crippen LogP contribution in [0.25, 0.3) is 0 Å². The van der Waals surface area contributed by atoms with Crippen LogP contribution in [-0.4, -0.2) is 23.6 Å². The molecule has 4 heteroatoms. The summed E-state index contributed by atoms with van der Waals surface area (Å²) in [6.07, 6.45) is 2.98. The van der Waals surface area contributed by atoms with Crippen LogP contribution in [0.4, 0.5) is 0 Å². The summed E-state index contributed by atoms with van der Waals surface area (Å²) >= 11 is 0. The predicted molar refractivity (Wildman–Crippen MR) is 76.8 cm³/mol. The zero-order valence-electron chi connectivity index (χ0n) is 12.3. The van der Waals surface area contributed by atoms with Crippen molar-refractivity contribution in [1.82, 2.24) is 15.2 Å². The lowest BCUT2D eigenvalue weighted by Gasteiger charge is -2.26. The summed E-state index contributed by atoms with van der Waals surface area (Å²) in [6.45, 7) is 6.61. The molecule has 19 heavy (non-hydrogen) atoms. The lowest BCUT2D eigenvalue weighted by molar-refractivity contribution is -0.130. The topological polar surface area (TPSA) is 46.1 Å². The SMILES string of the molecule is CCCC1(C(=O)NCc2ccc(C)n2C)CCNC1. The van der Waals surface area contributed by atoms with Crippen LogP contribution in [0.1, 0.15) is 37.6 Å². The molecule has 1 aromatic heterocycles. The fraction of sp³-hybridized carbons (Fsp3) is 0.667. The summed E-state index contributed by atoms with van der Waals surface area (Å²) < 4.78 is 2.12. The average Bonchev–Trinajstić information content (AvgIpc) is 2.98. The van der Waals surface area contributed by atoms with Gasteiger partial charge in [-0.05, 0) is 38.4 Å². The van der Waals surface area contributed by atoms with E-state index in [9.17, 15) is 4.79 Å². The van der Waals surface area contributed by atoms with Gasteiger partial charge in [0.2, 0.25) is 5.91 Å². The van der Waals surface area contributed by atoms with Crippen molar-refractivity contribution in [2.24, 2.45) is 12.5 Å². The van der Waals surface area contributed by atoms with Crippen LogP contribution in [0.3, 0.4) is 0 Å². The van der Waals surface area contributed by atoms with Crippen LogP contribution in [0.2, 0.25) is 0 Å². The van der Waals surface area contributed by atoms with Crippen molar-refractivity contribution < 1.29 is 4.79 Å². The first-order valence-electron chi connectivity index (χ1n) is 7.19. The largest absolute Gasteiger partial charge is 0.350 e. The highest BCUT2D eigenvalue weighted by Gasteiger charge is 2.39. The second-order valence-corrected chi connectivity index (χ2v) is 5.66. The van der Waals surface area contributed by atoms with E-state index < -0.39 is 0 Å². The Hall–Kier alpha value is -1.29. The van der Waals surface area contributed by atoms with E-state index in [0.29, 0.717) is 6.54 Å². The maximum Gasteiger partial charge on any atom is 0.227 e. The Balaban J connectivity index is 1.98. The Morgan fingerprint density at radius 3 is 2.84 bits per heavy atom. The van der Waals surface area contributed by atoms with E-state index in [2.05, 4.69) is 41.2 Å². The van der Waals surface area contributed by atoms with Gasteiger partial charge in [0.1, 0.15) is 0 Å². The summed E-state index contributed by atoms with van der Waals surface area (Å²) in [4.78, 5) is 12.5. The van der Waals surface area contributed by atoms with Crippen LogP contribution >= 0.6 is 0 Å². The number of carbonyl (C=O) groups excluding carboxylic acids is 1. The second kappa shape index (κ2) is 5.78. The van der Waals surface area contributed by atoms with E-state index in [1.54, 1.807) is 0 Å². The van der Waals surface area contributed by atoms with Crippen molar-refractivity contribution in [2.45, 2.75) is 39.7 Å². The highest BCUT2D eigenvalue weighted by atomic mass is 16.2. The highest BCUT2D eigenvalue weighted by Crippen LogP contribution is 2.31. The molecule has 1 unspecified atom stereocenters. The second-order valence-electron chi connectivity index (χ2n) is 5.66. The minimum atomic E-state index is -0.186. The van der Waals surface area contributed by atoms with Gasteiger partial charge in [-0.2, -0.15) is 0 Å². The van der Waals surface area contributed by atoms with Crippen molar-refractivity contribution in [3.05, 3.63) is 23.5 Å². The molecule has 4 nitrogen and oxygen atoms in total. The Labute approximate surface area is 115 Å². The lowest BCUT2D eigenvalue weighted by atomic mass is 9.81. The molecule has 1 atom stereocenters. The zero-order valence-corrected chi connectivity index (χ0v) is 12.3. The van der Waals surface area contributed by atoms with E-state index in [-0.39, 0.29) is 11.3 Å². The molecule has 1 aliphatic heterocycles. The molecular formula is C15H25N3O. The molecule has 1 aliphatic rings. The maximum absolute atomic E-state index is 12.5. The monoisotopic (exact) mass is 263 g/mol. The molecule has 0 spiro atoms. The quantitative estimate of drug-likeness (QED) is 0.850. The highest BCUT2D eigenvalue weighted by molar-refractivity contribution is 5.83. The van der Waals surface area contributed by atoms with Gasteiger partial charge in [-0.3, -0.25) is 4.79 Å². The molecule has 1 saturated heterocycles. The van der Waals surface area contributed by atoms with Crippen molar-refractivity contribution >= 4 is 5.91 Å². The van der Waals surface area contributed by atoms with Crippen LogP contribution in [-0.2, 0) is 18.4 Å². The van der Waals surface area contributed by atoms with Crippen molar-refractivity contribution in [3.8, 4) is 0 Å². The third kappa shape index (κ3) is 2.84. The Bertz CT molecular complexity index is 444. The molecule has 0 saturated carbocycles. The van der Waals surface area contributed by atoms with Crippen molar-refractivity contribution in [3.63, 3.8) is 0 Å². The molecule has 1 amide bonds. The molecule has 1 fully saturated rings. The number of aromatic nitrogens is 1. The van der Waals surface area contributed by atoms with Gasteiger partial charge in [-0.25, -0.2) is 0 Å². The minimum absolute atomic E-state index is 0.186. The van der Waals surface area contributed by atoms with Crippen molar-refractivity contribution in [1.29, 1.82) is 0 Å². The first-order valence-corrected chi connectivity index (χ1v) is 7.19. The standard InChI is InChI=1S/C15H25N3O/c1-4-7-15(8-9-16-11-15)14(19)17-10-13-6-5-12(2)18(13)3/h5-6,16H,4,7-11H2,1-3H3,(H,17,19). The normalized spacial score (nSPS) is 22.7. The molecule has 2 heterocycles. The molecule has 2 N–H and O–H groups in total. The van der Waals surface area contributed by atoms with Gasteiger partial charge in [0.05, 0.1) is 12.0 Å². The third-order valence-electron chi connectivity index (χ3n) is 4.36. The lowest BCUT2D eigenvalue weighted by Crippen LogP contribution is -2.42. The van der Waals surface area contributed by atoms with Crippen LogP contribution in [0, 0.1) is 12.3 Å². The van der Waals surface area contributed by atoms with Gasteiger partial charge in [0.25, 0.3) is 0 Å². The molecule has 0 bridgehead atoms. The average molecular weight is 263 g/mol. The van der Waals surface area contributed by atoms with E-state index in [1.807, 2.05) is 7.05 Å². The summed E-state index contributed by atoms with van der Waals surface area (Å²) in [5.41, 5.74) is 2.19. The molecule has 0 radical (unpaired) electrons. The smallest absolute Gasteiger partial charge is 0.227 e. The minimum Gasteiger partial charge on any atom is -0.350 e. The number of nitrogens with zero attached hydrogens (tertiary/aromatic N) is 1. The fourth-order valence-corrected chi connectivity index (χ4v) is 2.95. The van der Waals surface area contributed by atoms with Gasteiger partial charge in [0, 0.05) is 25.0 Å². The number of rotatable bonds is 5. The van der Waals surface area contributed by atoms with Crippen molar-refractivity contribution in [2.75, 3.05) is 13.1 Å². The van der Waals surface area contributed by atoms with Gasteiger partial charge in [0.15, 0.2) is 0 Å². The predicted octanol–water partition coefficient (Wildman–Crippen LogP) is 1.73. The number of aryl methyl sites for hydroxylation is 1.